The summed E-state index contributed by atoms with van der Waals surface area (Å²) in [5, 5.41) is 14.6. The molecule has 2 aliphatic rings. The van der Waals surface area contributed by atoms with Crippen LogP contribution in [-0.4, -0.2) is 16.7 Å². The number of aliphatic hydroxyl groups excluding tert-OH is 1. The largest absolute Gasteiger partial charge is 0.490 e. The first-order valence-electron chi connectivity index (χ1n) is 11.0. The third kappa shape index (κ3) is 4.09. The molecular weight excluding hydrogens is 392 g/mol. The van der Waals surface area contributed by atoms with Gasteiger partial charge in [0.05, 0.1) is 24.1 Å². The van der Waals surface area contributed by atoms with Gasteiger partial charge in [0.25, 0.3) is 0 Å². The molecule has 1 atom stereocenters. The van der Waals surface area contributed by atoms with E-state index in [-0.39, 0.29) is 0 Å². The Morgan fingerprint density at radius 2 is 1.83 bits per heavy atom. The molecule has 1 fully saturated rings. The fourth-order valence-electron chi connectivity index (χ4n) is 4.58. The van der Waals surface area contributed by atoms with Crippen LogP contribution >= 0.6 is 11.3 Å². The molecule has 3 aromatic rings. The van der Waals surface area contributed by atoms with E-state index < -0.39 is 6.10 Å². The Kier molecular flexibility index (Phi) is 5.73. The molecule has 2 N–H and O–H groups in total. The number of benzene rings is 2. The Morgan fingerprint density at radius 1 is 1.00 bits per heavy atom. The van der Waals surface area contributed by atoms with Crippen molar-refractivity contribution in [3.63, 3.8) is 0 Å². The zero-order valence-electron chi connectivity index (χ0n) is 17.1. The van der Waals surface area contributed by atoms with E-state index in [1.807, 2.05) is 6.07 Å². The summed E-state index contributed by atoms with van der Waals surface area (Å²) in [6, 6.07) is 16.7. The highest BCUT2D eigenvalue weighted by Gasteiger charge is 2.24. The summed E-state index contributed by atoms with van der Waals surface area (Å²) >= 11 is 1.65. The van der Waals surface area contributed by atoms with Crippen LogP contribution in [0.4, 0.5) is 10.8 Å². The molecule has 0 amide bonds. The highest BCUT2D eigenvalue weighted by atomic mass is 32.1. The summed E-state index contributed by atoms with van der Waals surface area (Å²) in [6.07, 6.45) is 7.53. The molecule has 156 valence electrons. The molecule has 2 aliphatic carbocycles. The lowest BCUT2D eigenvalue weighted by Gasteiger charge is -2.18. The number of nitrogens with zero attached hydrogens (tertiary/aromatic N) is 1. The fourth-order valence-corrected chi connectivity index (χ4v) is 5.65. The van der Waals surface area contributed by atoms with Crippen LogP contribution in [0.25, 0.3) is 11.1 Å². The minimum absolute atomic E-state index is 0.436. The van der Waals surface area contributed by atoms with E-state index in [0.29, 0.717) is 5.92 Å². The molecule has 4 nitrogen and oxygen atoms in total. The van der Waals surface area contributed by atoms with Gasteiger partial charge in [0.15, 0.2) is 10.9 Å². The van der Waals surface area contributed by atoms with Crippen molar-refractivity contribution < 1.29 is 9.84 Å². The van der Waals surface area contributed by atoms with Crippen LogP contribution in [-0.2, 0) is 6.42 Å². The maximum absolute atomic E-state index is 10.3. The molecule has 1 aromatic heterocycles. The van der Waals surface area contributed by atoms with Gasteiger partial charge in [0, 0.05) is 10.4 Å². The van der Waals surface area contributed by atoms with Crippen molar-refractivity contribution in [1.82, 2.24) is 4.98 Å². The van der Waals surface area contributed by atoms with Crippen molar-refractivity contribution in [2.24, 2.45) is 5.92 Å². The van der Waals surface area contributed by atoms with Gasteiger partial charge in [-0.2, -0.15) is 0 Å². The summed E-state index contributed by atoms with van der Waals surface area (Å²) < 4.78 is 6.47. The number of thiazole rings is 1. The molecule has 30 heavy (non-hydrogen) atoms. The molecule has 0 saturated heterocycles. The van der Waals surface area contributed by atoms with E-state index in [9.17, 15) is 5.11 Å². The quantitative estimate of drug-likeness (QED) is 0.478. The Balaban J connectivity index is 1.47. The number of aromatic nitrogens is 1. The lowest BCUT2D eigenvalue weighted by atomic mass is 10.0. The van der Waals surface area contributed by atoms with E-state index in [0.717, 1.165) is 59.3 Å². The normalized spacial score (nSPS) is 18.9. The zero-order chi connectivity index (χ0) is 20.3. The summed E-state index contributed by atoms with van der Waals surface area (Å²) in [6.45, 7) is 0.756. The van der Waals surface area contributed by atoms with Crippen molar-refractivity contribution in [2.75, 3.05) is 11.9 Å². The van der Waals surface area contributed by atoms with E-state index in [1.165, 1.54) is 30.6 Å². The minimum atomic E-state index is -0.436. The van der Waals surface area contributed by atoms with Gasteiger partial charge >= 0.3 is 0 Å². The minimum Gasteiger partial charge on any atom is -0.490 e. The molecule has 0 spiro atoms. The average Bonchev–Trinajstić information content (AvgIpc) is 3.44. The maximum Gasteiger partial charge on any atom is 0.187 e. The molecule has 5 heteroatoms. The number of hydrogen-bond acceptors (Lipinski definition) is 5. The predicted octanol–water partition coefficient (Wildman–Crippen LogP) is 6.49. The number of anilines is 2. The molecule has 1 heterocycles. The first kappa shape index (κ1) is 19.6. The van der Waals surface area contributed by atoms with Crippen molar-refractivity contribution in [2.45, 2.75) is 51.0 Å². The van der Waals surface area contributed by atoms with Crippen molar-refractivity contribution in [1.29, 1.82) is 0 Å². The molecule has 1 saturated carbocycles. The lowest BCUT2D eigenvalue weighted by Crippen LogP contribution is -2.10. The average molecular weight is 421 g/mol. The van der Waals surface area contributed by atoms with E-state index in [2.05, 4.69) is 47.8 Å². The van der Waals surface area contributed by atoms with Crippen molar-refractivity contribution in [3.8, 4) is 16.9 Å². The molecule has 1 unspecified atom stereocenters. The fraction of sp³-hybridized carbons (Fsp3) is 0.400. The lowest BCUT2D eigenvalue weighted by molar-refractivity contribution is 0.153. The summed E-state index contributed by atoms with van der Waals surface area (Å²) in [4.78, 5) is 5.91. The Hall–Kier alpha value is -2.37. The van der Waals surface area contributed by atoms with Crippen LogP contribution in [0.3, 0.4) is 0 Å². The second-order valence-corrected chi connectivity index (χ2v) is 9.45. The third-order valence-corrected chi connectivity index (χ3v) is 7.25. The van der Waals surface area contributed by atoms with E-state index >= 15 is 0 Å². The van der Waals surface area contributed by atoms with Crippen LogP contribution in [0.5, 0.6) is 5.75 Å². The molecule has 0 radical (unpaired) electrons. The maximum atomic E-state index is 10.3. The number of hydrogen-bond donors (Lipinski definition) is 2. The van der Waals surface area contributed by atoms with Gasteiger partial charge in [-0.3, -0.25) is 0 Å². The highest BCUT2D eigenvalue weighted by Crippen LogP contribution is 2.41. The first-order chi connectivity index (χ1) is 14.8. The summed E-state index contributed by atoms with van der Waals surface area (Å²) in [7, 11) is 0. The number of ether oxygens (including phenoxy) is 1. The van der Waals surface area contributed by atoms with Gasteiger partial charge in [-0.1, -0.05) is 55.3 Å². The predicted molar refractivity (Wildman–Crippen MR) is 123 cm³/mol. The topological polar surface area (TPSA) is 54.4 Å². The van der Waals surface area contributed by atoms with Gasteiger partial charge in [-0.05, 0) is 49.7 Å². The SMILES string of the molecule is OC1CCCc2sc(Nc3cccc(-c4ccccc4)c3OCC3CCCC3)nc21. The third-order valence-electron chi connectivity index (χ3n) is 6.20. The number of rotatable bonds is 6. The van der Waals surface area contributed by atoms with Gasteiger partial charge < -0.3 is 15.2 Å². The van der Waals surface area contributed by atoms with Crippen molar-refractivity contribution >= 4 is 22.2 Å². The Morgan fingerprint density at radius 3 is 2.63 bits per heavy atom. The summed E-state index contributed by atoms with van der Waals surface area (Å²) in [5.74, 6) is 1.54. The number of aliphatic hydroxyl groups is 1. The smallest absolute Gasteiger partial charge is 0.187 e. The monoisotopic (exact) mass is 420 g/mol. The van der Waals surface area contributed by atoms with Crippen molar-refractivity contribution in [3.05, 3.63) is 59.1 Å². The summed E-state index contributed by atoms with van der Waals surface area (Å²) in [5.41, 5.74) is 4.03. The van der Waals surface area contributed by atoms with E-state index in [4.69, 9.17) is 9.72 Å². The van der Waals surface area contributed by atoms with Crippen LogP contribution in [0.1, 0.15) is 55.2 Å². The molecule has 0 bridgehead atoms. The van der Waals surface area contributed by atoms with Gasteiger partial charge in [-0.15, -0.1) is 11.3 Å². The number of nitrogens with one attached hydrogen (secondary N) is 1. The van der Waals surface area contributed by atoms with Crippen LogP contribution in [0, 0.1) is 5.92 Å². The van der Waals surface area contributed by atoms with Gasteiger partial charge in [0.2, 0.25) is 0 Å². The second-order valence-electron chi connectivity index (χ2n) is 8.37. The molecule has 2 aromatic carbocycles. The van der Waals surface area contributed by atoms with Crippen LogP contribution in [0.15, 0.2) is 48.5 Å². The zero-order valence-corrected chi connectivity index (χ0v) is 18.0. The second kappa shape index (κ2) is 8.78. The highest BCUT2D eigenvalue weighted by molar-refractivity contribution is 7.15. The standard InChI is InChI=1S/C25H28N2O2S/c28-21-14-7-15-22-23(21)27-25(30-22)26-20-13-6-12-19(18-10-2-1-3-11-18)24(20)29-16-17-8-4-5-9-17/h1-3,6,10-13,17,21,28H,4-5,7-9,14-16H2,(H,26,27). The van der Waals surface area contributed by atoms with E-state index in [1.54, 1.807) is 11.3 Å². The number of fused-ring (bicyclic) bond motifs is 1. The number of para-hydroxylation sites is 1. The van der Waals surface area contributed by atoms with Crippen LogP contribution in [0.2, 0.25) is 0 Å². The van der Waals surface area contributed by atoms with Crippen LogP contribution < -0.4 is 10.1 Å². The Bertz CT molecular complexity index is 996. The first-order valence-corrected chi connectivity index (χ1v) is 11.9. The Labute approximate surface area is 182 Å². The molecule has 5 rings (SSSR count). The molecular formula is C25H28N2O2S. The van der Waals surface area contributed by atoms with Gasteiger partial charge in [-0.25, -0.2) is 4.98 Å². The molecule has 0 aliphatic heterocycles. The number of aryl methyl sites for hydroxylation is 1. The van der Waals surface area contributed by atoms with Gasteiger partial charge in [0.1, 0.15) is 0 Å².